The molecular formula is C21H21FN4O3. The van der Waals surface area contributed by atoms with Crippen LogP contribution >= 0.6 is 0 Å². The van der Waals surface area contributed by atoms with Crippen LogP contribution in [0.3, 0.4) is 0 Å². The van der Waals surface area contributed by atoms with Crippen LogP contribution in [0.15, 0.2) is 47.6 Å². The quantitative estimate of drug-likeness (QED) is 0.814. The number of carbonyl (C=O) groups excluding carboxylic acids is 3. The molecular weight excluding hydrogens is 375 g/mol. The topological polar surface area (TPSA) is 90.9 Å². The Morgan fingerprint density at radius 2 is 1.83 bits per heavy atom. The summed E-state index contributed by atoms with van der Waals surface area (Å²) in [6.07, 6.45) is 0.378. The maximum absolute atomic E-state index is 13.1. The van der Waals surface area contributed by atoms with Crippen molar-refractivity contribution in [2.24, 2.45) is 5.10 Å². The van der Waals surface area contributed by atoms with Crippen LogP contribution in [-0.4, -0.2) is 35.5 Å². The molecule has 3 amide bonds. The third-order valence-electron chi connectivity index (χ3n) is 4.67. The summed E-state index contributed by atoms with van der Waals surface area (Å²) in [4.78, 5) is 36.8. The molecule has 0 saturated carbocycles. The van der Waals surface area contributed by atoms with Crippen LogP contribution in [0.25, 0.3) is 0 Å². The third kappa shape index (κ3) is 4.66. The van der Waals surface area contributed by atoms with E-state index < -0.39 is 5.91 Å². The molecule has 0 aliphatic carbocycles. The standard InChI is InChI=1S/C21H21FN4O3/c1-13-16(20(28)23-2)4-3-5-17(13)24-21(29)18-10-11-19(27)26(25-18)12-14-6-8-15(22)9-7-14/h3-9H,10-12H2,1-2H3,(H,23,28)(H,24,29). The number of hydrogen-bond donors (Lipinski definition) is 2. The smallest absolute Gasteiger partial charge is 0.271 e. The van der Waals surface area contributed by atoms with Crippen molar-refractivity contribution in [1.82, 2.24) is 10.3 Å². The number of hydrogen-bond acceptors (Lipinski definition) is 4. The normalized spacial score (nSPS) is 13.7. The van der Waals surface area contributed by atoms with E-state index in [-0.39, 0.29) is 42.7 Å². The van der Waals surface area contributed by atoms with Gasteiger partial charge in [0.05, 0.1) is 6.54 Å². The number of hydrazone groups is 1. The van der Waals surface area contributed by atoms with Gasteiger partial charge in [0.1, 0.15) is 11.5 Å². The van der Waals surface area contributed by atoms with Gasteiger partial charge in [-0.1, -0.05) is 18.2 Å². The summed E-state index contributed by atoms with van der Waals surface area (Å²) >= 11 is 0. The van der Waals surface area contributed by atoms with Crippen LogP contribution in [0.2, 0.25) is 0 Å². The number of nitrogens with zero attached hydrogens (tertiary/aromatic N) is 2. The second-order valence-corrected chi connectivity index (χ2v) is 6.64. The molecule has 0 saturated heterocycles. The minimum atomic E-state index is -0.432. The highest BCUT2D eigenvalue weighted by molar-refractivity contribution is 6.43. The first-order valence-electron chi connectivity index (χ1n) is 9.14. The molecule has 2 aromatic rings. The van der Waals surface area contributed by atoms with Crippen LogP contribution in [0, 0.1) is 12.7 Å². The average molecular weight is 396 g/mol. The van der Waals surface area contributed by atoms with Crippen LogP contribution in [-0.2, 0) is 16.1 Å². The molecule has 150 valence electrons. The van der Waals surface area contributed by atoms with E-state index in [0.29, 0.717) is 22.4 Å². The molecule has 3 rings (SSSR count). The van der Waals surface area contributed by atoms with Gasteiger partial charge in [-0.2, -0.15) is 5.10 Å². The van der Waals surface area contributed by atoms with Crippen molar-refractivity contribution < 1.29 is 18.8 Å². The van der Waals surface area contributed by atoms with E-state index in [2.05, 4.69) is 15.7 Å². The first-order chi connectivity index (χ1) is 13.9. The Kier molecular flexibility index (Phi) is 6.01. The van der Waals surface area contributed by atoms with Crippen molar-refractivity contribution in [2.75, 3.05) is 12.4 Å². The van der Waals surface area contributed by atoms with E-state index in [1.807, 2.05) is 0 Å². The Hall–Kier alpha value is -3.55. The summed E-state index contributed by atoms with van der Waals surface area (Å²) < 4.78 is 13.1. The van der Waals surface area contributed by atoms with Crippen LogP contribution in [0.4, 0.5) is 10.1 Å². The van der Waals surface area contributed by atoms with Crippen molar-refractivity contribution in [3.05, 3.63) is 65.0 Å². The Morgan fingerprint density at radius 3 is 2.52 bits per heavy atom. The summed E-state index contributed by atoms with van der Waals surface area (Å²) in [5, 5.41) is 10.7. The Balaban J connectivity index is 1.77. The minimum absolute atomic E-state index is 0.154. The fraction of sp³-hybridized carbons (Fsp3) is 0.238. The molecule has 0 atom stereocenters. The molecule has 0 fully saturated rings. The number of nitrogens with one attached hydrogen (secondary N) is 2. The van der Waals surface area contributed by atoms with Gasteiger partial charge in [0, 0.05) is 31.1 Å². The van der Waals surface area contributed by atoms with E-state index in [1.165, 1.54) is 24.2 Å². The second kappa shape index (κ2) is 8.64. The first-order valence-corrected chi connectivity index (χ1v) is 9.14. The highest BCUT2D eigenvalue weighted by atomic mass is 19.1. The molecule has 0 unspecified atom stereocenters. The van der Waals surface area contributed by atoms with Crippen LogP contribution in [0.5, 0.6) is 0 Å². The van der Waals surface area contributed by atoms with Gasteiger partial charge in [-0.05, 0) is 42.3 Å². The van der Waals surface area contributed by atoms with E-state index in [4.69, 9.17) is 0 Å². The zero-order valence-corrected chi connectivity index (χ0v) is 16.2. The number of amides is 3. The summed E-state index contributed by atoms with van der Waals surface area (Å²) in [6.45, 7) is 1.90. The molecule has 7 nitrogen and oxygen atoms in total. The van der Waals surface area contributed by atoms with E-state index in [1.54, 1.807) is 37.3 Å². The number of halogens is 1. The number of anilines is 1. The number of benzene rings is 2. The van der Waals surface area contributed by atoms with Gasteiger partial charge in [0.2, 0.25) is 5.91 Å². The number of carbonyl (C=O) groups is 3. The molecule has 1 aliphatic rings. The van der Waals surface area contributed by atoms with Crippen LogP contribution < -0.4 is 10.6 Å². The van der Waals surface area contributed by atoms with Crippen LogP contribution in [0.1, 0.15) is 34.3 Å². The van der Waals surface area contributed by atoms with Gasteiger partial charge in [-0.15, -0.1) is 0 Å². The average Bonchev–Trinajstić information content (AvgIpc) is 2.72. The zero-order valence-electron chi connectivity index (χ0n) is 16.2. The van der Waals surface area contributed by atoms with Gasteiger partial charge >= 0.3 is 0 Å². The fourth-order valence-electron chi connectivity index (χ4n) is 3.00. The largest absolute Gasteiger partial charge is 0.355 e. The maximum Gasteiger partial charge on any atom is 0.271 e. The molecule has 29 heavy (non-hydrogen) atoms. The molecule has 1 heterocycles. The lowest BCUT2D eigenvalue weighted by Crippen LogP contribution is -2.36. The minimum Gasteiger partial charge on any atom is -0.355 e. The summed E-state index contributed by atoms with van der Waals surface area (Å²) in [7, 11) is 1.54. The molecule has 0 aromatic heterocycles. The predicted octanol–water partition coefficient (Wildman–Crippen LogP) is 2.61. The van der Waals surface area contributed by atoms with Gasteiger partial charge in [0.25, 0.3) is 11.8 Å². The highest BCUT2D eigenvalue weighted by Gasteiger charge is 2.25. The SMILES string of the molecule is CNC(=O)c1cccc(NC(=O)C2=NN(Cc3ccc(F)cc3)C(=O)CC2)c1C. The second-order valence-electron chi connectivity index (χ2n) is 6.64. The van der Waals surface area contributed by atoms with Crippen molar-refractivity contribution in [1.29, 1.82) is 0 Å². The zero-order chi connectivity index (χ0) is 21.0. The van der Waals surface area contributed by atoms with Gasteiger partial charge in [-0.3, -0.25) is 14.4 Å². The highest BCUT2D eigenvalue weighted by Crippen LogP contribution is 2.20. The molecule has 0 spiro atoms. The summed E-state index contributed by atoms with van der Waals surface area (Å²) in [5.41, 5.74) is 2.52. The Labute approximate surface area is 167 Å². The summed E-state index contributed by atoms with van der Waals surface area (Å²) in [5.74, 6) is -1.25. The van der Waals surface area contributed by atoms with E-state index in [0.717, 1.165) is 0 Å². The maximum atomic E-state index is 13.1. The van der Waals surface area contributed by atoms with Gasteiger partial charge in [0.15, 0.2) is 0 Å². The lowest BCUT2D eigenvalue weighted by atomic mass is 10.1. The predicted molar refractivity (Wildman–Crippen MR) is 107 cm³/mol. The first kappa shape index (κ1) is 20.2. The van der Waals surface area contributed by atoms with E-state index >= 15 is 0 Å². The molecule has 1 aliphatic heterocycles. The van der Waals surface area contributed by atoms with Crippen molar-refractivity contribution >= 4 is 29.1 Å². The molecule has 8 heteroatoms. The lowest BCUT2D eigenvalue weighted by molar-refractivity contribution is -0.132. The summed E-state index contributed by atoms with van der Waals surface area (Å²) in [6, 6.07) is 10.8. The Morgan fingerprint density at radius 1 is 1.10 bits per heavy atom. The number of rotatable bonds is 5. The molecule has 2 aromatic carbocycles. The molecule has 0 bridgehead atoms. The van der Waals surface area contributed by atoms with Crippen molar-refractivity contribution in [3.8, 4) is 0 Å². The fourth-order valence-corrected chi connectivity index (χ4v) is 3.00. The Bertz CT molecular complexity index is 986. The molecule has 2 N–H and O–H groups in total. The lowest BCUT2D eigenvalue weighted by Gasteiger charge is -2.23. The van der Waals surface area contributed by atoms with Crippen molar-refractivity contribution in [3.63, 3.8) is 0 Å². The van der Waals surface area contributed by atoms with Crippen molar-refractivity contribution in [2.45, 2.75) is 26.3 Å². The monoisotopic (exact) mass is 396 g/mol. The van der Waals surface area contributed by atoms with E-state index in [9.17, 15) is 18.8 Å². The van der Waals surface area contributed by atoms with Gasteiger partial charge < -0.3 is 10.6 Å². The van der Waals surface area contributed by atoms with Gasteiger partial charge in [-0.25, -0.2) is 9.40 Å². The third-order valence-corrected chi connectivity index (χ3v) is 4.67. The molecule has 0 radical (unpaired) electrons.